The quantitative estimate of drug-likeness (QED) is 0.623. The van der Waals surface area contributed by atoms with Crippen molar-refractivity contribution in [2.75, 3.05) is 0 Å². The number of para-hydroxylation sites is 1. The minimum atomic E-state index is 0.504. The van der Waals surface area contributed by atoms with Gasteiger partial charge in [0.15, 0.2) is 5.82 Å². The summed E-state index contributed by atoms with van der Waals surface area (Å²) in [6.07, 6.45) is 0.921. The lowest BCUT2D eigenvalue weighted by molar-refractivity contribution is 0.637. The Morgan fingerprint density at radius 1 is 1.36 bits per heavy atom. The number of nitrogens with zero attached hydrogens (tertiary/aromatic N) is 4. The predicted molar refractivity (Wildman–Crippen MR) is 51.3 cm³/mol. The van der Waals surface area contributed by atoms with Gasteiger partial charge < -0.3 is 0 Å². The second kappa shape index (κ2) is 2.64. The molecule has 0 bridgehead atoms. The van der Waals surface area contributed by atoms with Gasteiger partial charge in [-0.05, 0) is 28.0 Å². The first-order chi connectivity index (χ1) is 6.86. The summed E-state index contributed by atoms with van der Waals surface area (Å²) >= 11 is 0. The van der Waals surface area contributed by atoms with Crippen molar-refractivity contribution in [3.63, 3.8) is 0 Å². The van der Waals surface area contributed by atoms with E-state index in [-0.39, 0.29) is 0 Å². The molecule has 4 heteroatoms. The zero-order chi connectivity index (χ0) is 9.54. The van der Waals surface area contributed by atoms with Gasteiger partial charge in [0.2, 0.25) is 0 Å². The van der Waals surface area contributed by atoms with Crippen LogP contribution in [0.15, 0.2) is 24.3 Å². The van der Waals surface area contributed by atoms with Crippen molar-refractivity contribution < 1.29 is 0 Å². The smallest absolute Gasteiger partial charge is 0.157 e. The third kappa shape index (κ3) is 0.907. The maximum atomic E-state index is 4.01. The minimum absolute atomic E-state index is 0.504. The van der Waals surface area contributed by atoms with Crippen LogP contribution in [0.4, 0.5) is 0 Å². The number of hydrogen-bond acceptors (Lipinski definition) is 3. The van der Waals surface area contributed by atoms with Gasteiger partial charge in [0.1, 0.15) is 0 Å². The molecular weight excluding hydrogens is 176 g/mol. The van der Waals surface area contributed by atoms with E-state index in [1.807, 2.05) is 10.7 Å². The number of tetrazole rings is 1. The fourth-order valence-electron chi connectivity index (χ4n) is 2.00. The minimum Gasteiger partial charge on any atom is -0.197 e. The standard InChI is InChI=1S/C10H10N4/c1-7-6-10-11-12-13-14(10)9-5-3-2-4-8(7)9/h2-5,7H,6H2,1H3. The summed E-state index contributed by atoms with van der Waals surface area (Å²) in [6.45, 7) is 2.21. The molecule has 3 rings (SSSR count). The van der Waals surface area contributed by atoms with Gasteiger partial charge in [0, 0.05) is 6.42 Å². The summed E-state index contributed by atoms with van der Waals surface area (Å²) in [6, 6.07) is 8.28. The van der Waals surface area contributed by atoms with Crippen LogP contribution in [0.1, 0.15) is 24.2 Å². The topological polar surface area (TPSA) is 43.6 Å². The number of hydrogen-bond donors (Lipinski definition) is 0. The van der Waals surface area contributed by atoms with Gasteiger partial charge in [0.25, 0.3) is 0 Å². The summed E-state index contributed by atoms with van der Waals surface area (Å²) in [4.78, 5) is 0. The molecule has 0 amide bonds. The highest BCUT2D eigenvalue weighted by Crippen LogP contribution is 2.30. The average Bonchev–Trinajstić information content (AvgIpc) is 2.66. The van der Waals surface area contributed by atoms with Crippen LogP contribution in [-0.4, -0.2) is 20.2 Å². The maximum absolute atomic E-state index is 4.01. The molecule has 0 spiro atoms. The van der Waals surface area contributed by atoms with Gasteiger partial charge in [-0.25, -0.2) is 0 Å². The first kappa shape index (κ1) is 7.67. The van der Waals surface area contributed by atoms with Crippen molar-refractivity contribution in [2.24, 2.45) is 0 Å². The first-order valence-corrected chi connectivity index (χ1v) is 4.73. The Morgan fingerprint density at radius 3 is 3.14 bits per heavy atom. The van der Waals surface area contributed by atoms with Crippen molar-refractivity contribution in [1.29, 1.82) is 0 Å². The second-order valence-corrected chi connectivity index (χ2v) is 3.67. The summed E-state index contributed by atoms with van der Waals surface area (Å²) in [5.74, 6) is 1.46. The number of fused-ring (bicyclic) bond motifs is 3. The highest BCUT2D eigenvalue weighted by molar-refractivity contribution is 5.45. The molecule has 4 nitrogen and oxygen atoms in total. The number of benzene rings is 1. The van der Waals surface area contributed by atoms with Crippen LogP contribution in [-0.2, 0) is 6.42 Å². The molecule has 1 unspecified atom stereocenters. The lowest BCUT2D eigenvalue weighted by Crippen LogP contribution is -2.16. The van der Waals surface area contributed by atoms with E-state index in [9.17, 15) is 0 Å². The fraction of sp³-hybridized carbons (Fsp3) is 0.300. The molecule has 1 aliphatic heterocycles. The van der Waals surface area contributed by atoms with Crippen molar-refractivity contribution in [1.82, 2.24) is 20.2 Å². The Balaban J connectivity index is 2.30. The molecule has 0 fully saturated rings. The SMILES string of the molecule is CC1Cc2nnnn2-c2ccccc21. The first-order valence-electron chi connectivity index (χ1n) is 4.73. The van der Waals surface area contributed by atoms with Crippen molar-refractivity contribution in [2.45, 2.75) is 19.3 Å². The highest BCUT2D eigenvalue weighted by Gasteiger charge is 2.22. The lowest BCUT2D eigenvalue weighted by Gasteiger charge is -2.21. The van der Waals surface area contributed by atoms with Gasteiger partial charge in [-0.15, -0.1) is 5.10 Å². The highest BCUT2D eigenvalue weighted by atomic mass is 15.5. The fourth-order valence-corrected chi connectivity index (χ4v) is 2.00. The molecule has 0 radical (unpaired) electrons. The average molecular weight is 186 g/mol. The van der Waals surface area contributed by atoms with Crippen LogP contribution >= 0.6 is 0 Å². The Hall–Kier alpha value is -1.71. The largest absolute Gasteiger partial charge is 0.197 e. The Bertz CT molecular complexity index is 474. The van der Waals surface area contributed by atoms with Crippen LogP contribution in [0.3, 0.4) is 0 Å². The zero-order valence-electron chi connectivity index (χ0n) is 7.88. The van der Waals surface area contributed by atoms with E-state index >= 15 is 0 Å². The van der Waals surface area contributed by atoms with Crippen molar-refractivity contribution in [3.05, 3.63) is 35.7 Å². The van der Waals surface area contributed by atoms with E-state index in [1.54, 1.807) is 0 Å². The maximum Gasteiger partial charge on any atom is 0.157 e. The summed E-state index contributed by atoms with van der Waals surface area (Å²) in [7, 11) is 0. The van der Waals surface area contributed by atoms with Gasteiger partial charge in [-0.1, -0.05) is 25.1 Å². The molecule has 0 aliphatic carbocycles. The molecule has 2 heterocycles. The van der Waals surface area contributed by atoms with Crippen LogP contribution in [0, 0.1) is 0 Å². The van der Waals surface area contributed by atoms with Gasteiger partial charge in [-0.3, -0.25) is 0 Å². The molecule has 1 aliphatic rings. The van der Waals surface area contributed by atoms with Crippen LogP contribution < -0.4 is 0 Å². The Labute approximate surface area is 81.6 Å². The van der Waals surface area contributed by atoms with E-state index in [4.69, 9.17) is 0 Å². The van der Waals surface area contributed by atoms with Crippen molar-refractivity contribution >= 4 is 0 Å². The zero-order valence-corrected chi connectivity index (χ0v) is 7.88. The molecule has 0 saturated carbocycles. The molecule has 70 valence electrons. The number of aromatic nitrogens is 4. The van der Waals surface area contributed by atoms with Gasteiger partial charge in [0.05, 0.1) is 5.69 Å². The van der Waals surface area contributed by atoms with E-state index in [0.29, 0.717) is 5.92 Å². The predicted octanol–water partition coefficient (Wildman–Crippen LogP) is 1.32. The second-order valence-electron chi connectivity index (χ2n) is 3.67. The molecule has 14 heavy (non-hydrogen) atoms. The molecular formula is C10H10N4. The molecule has 0 N–H and O–H groups in total. The van der Waals surface area contributed by atoms with Crippen LogP contribution in [0.5, 0.6) is 0 Å². The third-order valence-corrected chi connectivity index (χ3v) is 2.72. The Morgan fingerprint density at radius 2 is 2.21 bits per heavy atom. The number of rotatable bonds is 0. The van der Waals surface area contributed by atoms with Crippen molar-refractivity contribution in [3.8, 4) is 5.69 Å². The monoisotopic (exact) mass is 186 g/mol. The van der Waals surface area contributed by atoms with E-state index in [1.165, 1.54) is 5.56 Å². The molecule has 1 atom stereocenters. The van der Waals surface area contributed by atoms with Crippen LogP contribution in [0.2, 0.25) is 0 Å². The summed E-state index contributed by atoms with van der Waals surface area (Å²) < 4.78 is 1.83. The molecule has 0 saturated heterocycles. The summed E-state index contributed by atoms with van der Waals surface area (Å²) in [5.41, 5.74) is 2.44. The molecule has 1 aromatic carbocycles. The van der Waals surface area contributed by atoms with E-state index < -0.39 is 0 Å². The van der Waals surface area contributed by atoms with Crippen LogP contribution in [0.25, 0.3) is 5.69 Å². The third-order valence-electron chi connectivity index (χ3n) is 2.72. The summed E-state index contributed by atoms with van der Waals surface area (Å²) in [5, 5.41) is 11.7. The molecule has 1 aromatic heterocycles. The normalized spacial score (nSPS) is 18.8. The molecule has 2 aromatic rings. The van der Waals surface area contributed by atoms with E-state index in [2.05, 4.69) is 40.6 Å². The van der Waals surface area contributed by atoms with E-state index in [0.717, 1.165) is 17.9 Å². The van der Waals surface area contributed by atoms with Gasteiger partial charge >= 0.3 is 0 Å². The Kier molecular flexibility index (Phi) is 1.45. The van der Waals surface area contributed by atoms with Gasteiger partial charge in [-0.2, -0.15) is 4.68 Å². The lowest BCUT2D eigenvalue weighted by atomic mass is 9.93.